The molecule has 0 amide bonds. The van der Waals surface area contributed by atoms with E-state index in [0.717, 1.165) is 52.5 Å². The summed E-state index contributed by atoms with van der Waals surface area (Å²) in [6.45, 7) is 0.389. The third-order valence-corrected chi connectivity index (χ3v) is 4.71. The first-order valence-corrected chi connectivity index (χ1v) is 9.70. The Morgan fingerprint density at radius 3 is 2.50 bits per heavy atom. The zero-order chi connectivity index (χ0) is 20.9. The highest BCUT2D eigenvalue weighted by Crippen LogP contribution is 2.29. The number of ether oxygens (including phenoxy) is 2. The minimum Gasteiger partial charge on any atom is -0.469 e. The monoisotopic (exact) mass is 405 g/mol. The molecule has 154 valence electrons. The van der Waals surface area contributed by atoms with Gasteiger partial charge >= 0.3 is 5.97 Å². The summed E-state index contributed by atoms with van der Waals surface area (Å²) in [6, 6.07) is 15.5. The minimum absolute atomic E-state index is 0.0417. The highest BCUT2D eigenvalue weighted by molar-refractivity contribution is 5.77. The van der Waals surface area contributed by atoms with Crippen molar-refractivity contribution in [1.82, 2.24) is 20.2 Å². The molecule has 2 aromatic carbocycles. The fourth-order valence-corrected chi connectivity index (χ4v) is 2.94. The van der Waals surface area contributed by atoms with Gasteiger partial charge in [0.1, 0.15) is 17.3 Å². The highest BCUT2D eigenvalue weighted by atomic mass is 16.5. The Morgan fingerprint density at radius 1 is 1.13 bits per heavy atom. The Morgan fingerprint density at radius 2 is 1.90 bits per heavy atom. The molecular formula is C22H23N5O3. The van der Waals surface area contributed by atoms with Crippen molar-refractivity contribution in [3.63, 3.8) is 0 Å². The van der Waals surface area contributed by atoms with Crippen LogP contribution in [0.1, 0.15) is 18.7 Å². The Bertz CT molecular complexity index is 1120. The normalized spacial score (nSPS) is 12.9. The van der Waals surface area contributed by atoms with Crippen LogP contribution in [0.2, 0.25) is 0 Å². The van der Waals surface area contributed by atoms with Crippen LogP contribution in [0.25, 0.3) is 22.3 Å². The molecule has 0 unspecified atom stereocenters. The van der Waals surface area contributed by atoms with Crippen molar-refractivity contribution < 1.29 is 14.3 Å². The standard InChI is InChI=1S/C17H15N5O.C5H8O2/c18-10-17-20-15-6-5-13(9-16(15)21-17)23-12-3-1-11(2-4-12)14-7-8-19-22-14;1-7-5(6)4-2-3-4/h1-9H,10,18H2,(H,19,22)(H,20,21);4H,2-3H2,1H3. The van der Waals surface area contributed by atoms with Gasteiger partial charge in [-0.1, -0.05) is 0 Å². The third-order valence-electron chi connectivity index (χ3n) is 4.71. The number of nitrogens with two attached hydrogens (primary N) is 1. The molecule has 8 heteroatoms. The second-order valence-electron chi connectivity index (χ2n) is 6.96. The number of rotatable bonds is 5. The number of benzene rings is 2. The van der Waals surface area contributed by atoms with E-state index in [1.807, 2.05) is 48.5 Å². The quantitative estimate of drug-likeness (QED) is 0.435. The fourth-order valence-electron chi connectivity index (χ4n) is 2.94. The number of hydrogen-bond acceptors (Lipinski definition) is 6. The van der Waals surface area contributed by atoms with Crippen LogP contribution in [0.4, 0.5) is 0 Å². The molecule has 0 bridgehead atoms. The third kappa shape index (κ3) is 4.66. The number of aromatic nitrogens is 4. The average Bonchev–Trinajstić information content (AvgIpc) is 3.32. The number of fused-ring (bicyclic) bond motifs is 1. The predicted molar refractivity (Wildman–Crippen MR) is 113 cm³/mol. The summed E-state index contributed by atoms with van der Waals surface area (Å²) in [5, 5.41) is 6.89. The summed E-state index contributed by atoms with van der Waals surface area (Å²) in [5.74, 6) is 2.50. The van der Waals surface area contributed by atoms with Crippen LogP contribution in [0, 0.1) is 5.92 Å². The van der Waals surface area contributed by atoms with Crippen LogP contribution in [0.3, 0.4) is 0 Å². The molecular weight excluding hydrogens is 382 g/mol. The van der Waals surface area contributed by atoms with Crippen molar-refractivity contribution >= 4 is 17.0 Å². The summed E-state index contributed by atoms with van der Waals surface area (Å²) in [4.78, 5) is 17.9. The number of nitrogens with zero attached hydrogens (tertiary/aromatic N) is 2. The van der Waals surface area contributed by atoms with Crippen LogP contribution in [-0.4, -0.2) is 33.2 Å². The second-order valence-corrected chi connectivity index (χ2v) is 6.96. The molecule has 1 saturated carbocycles. The lowest BCUT2D eigenvalue weighted by atomic mass is 10.1. The van der Waals surface area contributed by atoms with Gasteiger partial charge in [0.15, 0.2) is 0 Å². The molecule has 30 heavy (non-hydrogen) atoms. The molecule has 0 saturated heterocycles. The van der Waals surface area contributed by atoms with E-state index in [1.54, 1.807) is 6.20 Å². The maximum atomic E-state index is 10.4. The molecule has 0 radical (unpaired) electrons. The van der Waals surface area contributed by atoms with Crippen LogP contribution >= 0.6 is 0 Å². The molecule has 4 aromatic rings. The predicted octanol–water partition coefficient (Wildman–Crippen LogP) is 3.77. The van der Waals surface area contributed by atoms with Gasteiger partial charge in [0.2, 0.25) is 0 Å². The number of methoxy groups -OCH3 is 1. The summed E-state index contributed by atoms with van der Waals surface area (Å²) < 4.78 is 10.3. The molecule has 5 rings (SSSR count). The lowest BCUT2D eigenvalue weighted by molar-refractivity contribution is -0.142. The van der Waals surface area contributed by atoms with Crippen molar-refractivity contribution in [1.29, 1.82) is 0 Å². The zero-order valence-electron chi connectivity index (χ0n) is 16.6. The number of aromatic amines is 2. The van der Waals surface area contributed by atoms with Gasteiger partial charge in [-0.05, 0) is 60.9 Å². The molecule has 0 aliphatic heterocycles. The Labute approximate surface area is 173 Å². The first kappa shape index (κ1) is 19.7. The van der Waals surface area contributed by atoms with Crippen molar-refractivity contribution in [3.05, 3.63) is 60.6 Å². The Kier molecular flexibility index (Phi) is 5.76. The number of H-pyrrole nitrogens is 2. The van der Waals surface area contributed by atoms with E-state index in [0.29, 0.717) is 6.54 Å². The number of nitrogens with one attached hydrogen (secondary N) is 2. The molecule has 4 N–H and O–H groups in total. The van der Waals surface area contributed by atoms with E-state index in [9.17, 15) is 4.79 Å². The van der Waals surface area contributed by atoms with E-state index in [4.69, 9.17) is 10.5 Å². The van der Waals surface area contributed by atoms with Crippen molar-refractivity contribution in [2.45, 2.75) is 19.4 Å². The van der Waals surface area contributed by atoms with Gasteiger partial charge in [-0.25, -0.2) is 4.98 Å². The fraction of sp³-hybridized carbons (Fsp3) is 0.227. The number of carbonyl (C=O) groups excluding carboxylic acids is 1. The van der Waals surface area contributed by atoms with Crippen LogP contribution in [0.15, 0.2) is 54.7 Å². The average molecular weight is 405 g/mol. The van der Waals surface area contributed by atoms with E-state index < -0.39 is 0 Å². The summed E-state index contributed by atoms with van der Waals surface area (Å²) >= 11 is 0. The molecule has 1 aliphatic rings. The number of imidazole rings is 1. The van der Waals surface area contributed by atoms with Crippen LogP contribution in [0.5, 0.6) is 11.5 Å². The largest absolute Gasteiger partial charge is 0.469 e. The number of esters is 1. The number of carbonyl (C=O) groups is 1. The van der Waals surface area contributed by atoms with Gasteiger partial charge in [-0.15, -0.1) is 0 Å². The van der Waals surface area contributed by atoms with Gasteiger partial charge in [0, 0.05) is 12.3 Å². The van der Waals surface area contributed by atoms with Crippen molar-refractivity contribution in [2.75, 3.05) is 7.11 Å². The van der Waals surface area contributed by atoms with E-state index in [-0.39, 0.29) is 11.9 Å². The van der Waals surface area contributed by atoms with Gasteiger partial charge in [0.25, 0.3) is 0 Å². The SMILES string of the molecule is COC(=O)C1CC1.NCc1nc2ccc(Oc3ccc(-c4ccn[nH]4)cc3)cc2[nH]1. The molecule has 0 spiro atoms. The maximum Gasteiger partial charge on any atom is 0.308 e. The molecule has 2 heterocycles. The zero-order valence-corrected chi connectivity index (χ0v) is 16.6. The van der Waals surface area contributed by atoms with E-state index in [2.05, 4.69) is 24.9 Å². The van der Waals surface area contributed by atoms with Gasteiger partial charge < -0.3 is 20.2 Å². The van der Waals surface area contributed by atoms with Gasteiger partial charge in [0.05, 0.1) is 36.3 Å². The minimum atomic E-state index is -0.0417. The highest BCUT2D eigenvalue weighted by Gasteiger charge is 2.30. The maximum absolute atomic E-state index is 10.4. The smallest absolute Gasteiger partial charge is 0.308 e. The Hall–Kier alpha value is -3.65. The van der Waals surface area contributed by atoms with Crippen molar-refractivity contribution in [2.24, 2.45) is 11.7 Å². The second kappa shape index (κ2) is 8.79. The topological polar surface area (TPSA) is 119 Å². The molecule has 1 fully saturated rings. The summed E-state index contributed by atoms with van der Waals surface area (Å²) in [7, 11) is 1.43. The molecule has 8 nitrogen and oxygen atoms in total. The van der Waals surface area contributed by atoms with E-state index in [1.165, 1.54) is 7.11 Å². The van der Waals surface area contributed by atoms with Crippen molar-refractivity contribution in [3.8, 4) is 22.8 Å². The first-order chi connectivity index (χ1) is 14.7. The van der Waals surface area contributed by atoms with Gasteiger partial charge in [-0.3, -0.25) is 9.89 Å². The summed E-state index contributed by atoms with van der Waals surface area (Å²) in [6.07, 6.45) is 3.80. The molecule has 0 atom stereocenters. The lowest BCUT2D eigenvalue weighted by Crippen LogP contribution is -2.00. The number of hydrogen-bond donors (Lipinski definition) is 3. The lowest BCUT2D eigenvalue weighted by Gasteiger charge is -2.06. The van der Waals surface area contributed by atoms with E-state index >= 15 is 0 Å². The Balaban J connectivity index is 0.000000265. The van der Waals surface area contributed by atoms with Crippen LogP contribution < -0.4 is 10.5 Å². The summed E-state index contributed by atoms with van der Waals surface area (Å²) in [5.41, 5.74) is 9.43. The molecule has 1 aliphatic carbocycles. The first-order valence-electron chi connectivity index (χ1n) is 9.70. The molecule has 2 aromatic heterocycles. The van der Waals surface area contributed by atoms with Gasteiger partial charge in [-0.2, -0.15) is 5.10 Å². The van der Waals surface area contributed by atoms with Crippen LogP contribution in [-0.2, 0) is 16.1 Å².